The molecule has 0 radical (unpaired) electrons. The summed E-state index contributed by atoms with van der Waals surface area (Å²) < 4.78 is 24.1. The molecule has 1 rings (SSSR count). The first-order valence-electron chi connectivity index (χ1n) is 4.92. The van der Waals surface area contributed by atoms with Gasteiger partial charge in [-0.1, -0.05) is 6.92 Å². The highest BCUT2D eigenvalue weighted by atomic mass is 32.2. The van der Waals surface area contributed by atoms with Gasteiger partial charge >= 0.3 is 5.97 Å². The van der Waals surface area contributed by atoms with Gasteiger partial charge in [0.2, 0.25) is 0 Å². The lowest BCUT2D eigenvalue weighted by molar-refractivity contribution is 0.0689. The van der Waals surface area contributed by atoms with Gasteiger partial charge in [-0.05, 0) is 12.5 Å². The molecule has 0 unspecified atom stereocenters. The molecule has 1 aromatic rings. The van der Waals surface area contributed by atoms with Crippen LogP contribution in [0.3, 0.4) is 0 Å². The molecule has 16 heavy (non-hydrogen) atoms. The molecule has 6 nitrogen and oxygen atoms in total. The van der Waals surface area contributed by atoms with Crippen LogP contribution in [0.2, 0.25) is 0 Å². The lowest BCUT2D eigenvalue weighted by Gasteiger charge is -2.02. The molecule has 0 aliphatic carbocycles. The van der Waals surface area contributed by atoms with E-state index in [2.05, 4.69) is 5.10 Å². The van der Waals surface area contributed by atoms with Crippen LogP contribution in [0.4, 0.5) is 0 Å². The quantitative estimate of drug-likeness (QED) is 0.785. The molecule has 0 saturated carbocycles. The predicted octanol–water partition coefficient (Wildman–Crippen LogP) is 0.406. The van der Waals surface area contributed by atoms with Gasteiger partial charge in [0.1, 0.15) is 0 Å². The summed E-state index contributed by atoms with van der Waals surface area (Å²) in [6, 6.07) is 1.34. The van der Waals surface area contributed by atoms with Gasteiger partial charge in [0.15, 0.2) is 15.5 Å². The number of carboxylic acids is 1. The van der Waals surface area contributed by atoms with E-state index in [0.29, 0.717) is 6.42 Å². The molecule has 0 bridgehead atoms. The maximum Gasteiger partial charge on any atom is 0.356 e. The Hall–Kier alpha value is -1.37. The van der Waals surface area contributed by atoms with Crippen LogP contribution >= 0.6 is 0 Å². The number of rotatable bonds is 6. The number of aromatic carboxylic acids is 1. The Bertz CT molecular complexity index is 464. The van der Waals surface area contributed by atoms with Gasteiger partial charge in [0.05, 0.1) is 12.3 Å². The molecule has 0 fully saturated rings. The van der Waals surface area contributed by atoms with Crippen molar-refractivity contribution in [3.05, 3.63) is 18.0 Å². The first-order valence-corrected chi connectivity index (χ1v) is 6.74. The number of carbonyl (C=O) groups is 1. The number of hydrogen-bond donors (Lipinski definition) is 1. The maximum atomic E-state index is 11.4. The number of nitrogens with zero attached hydrogens (tertiary/aromatic N) is 2. The Morgan fingerprint density at radius 3 is 2.69 bits per heavy atom. The number of aromatic nitrogens is 2. The largest absolute Gasteiger partial charge is 0.476 e. The molecule has 0 saturated heterocycles. The fourth-order valence-electron chi connectivity index (χ4n) is 1.25. The van der Waals surface area contributed by atoms with Crippen molar-refractivity contribution in [1.82, 2.24) is 9.78 Å². The Balaban J connectivity index is 2.58. The zero-order valence-corrected chi connectivity index (χ0v) is 9.77. The van der Waals surface area contributed by atoms with E-state index < -0.39 is 15.8 Å². The fraction of sp³-hybridized carbons (Fsp3) is 0.556. The second-order valence-corrected chi connectivity index (χ2v) is 5.72. The Morgan fingerprint density at radius 1 is 1.50 bits per heavy atom. The second kappa shape index (κ2) is 5.11. The lowest BCUT2D eigenvalue weighted by atomic mass is 10.5. The van der Waals surface area contributed by atoms with Crippen LogP contribution in [0.15, 0.2) is 12.3 Å². The van der Waals surface area contributed by atoms with Crippen molar-refractivity contribution in [2.24, 2.45) is 0 Å². The summed E-state index contributed by atoms with van der Waals surface area (Å²) in [6.07, 6.45) is 2.05. The molecule has 0 atom stereocenters. The van der Waals surface area contributed by atoms with Crippen LogP contribution in [0.25, 0.3) is 0 Å². The molecular formula is C9H14N2O4S. The van der Waals surface area contributed by atoms with Crippen molar-refractivity contribution in [1.29, 1.82) is 0 Å². The van der Waals surface area contributed by atoms with Crippen LogP contribution in [-0.2, 0) is 16.4 Å². The lowest BCUT2D eigenvalue weighted by Crippen LogP contribution is -2.16. The first kappa shape index (κ1) is 12.7. The van der Waals surface area contributed by atoms with Gasteiger partial charge in [-0.2, -0.15) is 5.10 Å². The molecule has 7 heteroatoms. The van der Waals surface area contributed by atoms with E-state index in [-0.39, 0.29) is 23.7 Å². The molecule has 0 aliphatic rings. The van der Waals surface area contributed by atoms with E-state index in [1.165, 1.54) is 16.9 Å². The normalized spacial score (nSPS) is 11.6. The molecule has 1 aromatic heterocycles. The van der Waals surface area contributed by atoms with E-state index in [4.69, 9.17) is 5.11 Å². The zero-order valence-electron chi connectivity index (χ0n) is 8.96. The Kier molecular flexibility index (Phi) is 4.05. The van der Waals surface area contributed by atoms with Crippen LogP contribution in [0.5, 0.6) is 0 Å². The van der Waals surface area contributed by atoms with Gasteiger partial charge in [0.25, 0.3) is 0 Å². The summed E-state index contributed by atoms with van der Waals surface area (Å²) in [5.41, 5.74) is -0.0760. The van der Waals surface area contributed by atoms with Crippen molar-refractivity contribution >= 4 is 15.8 Å². The minimum Gasteiger partial charge on any atom is -0.476 e. The van der Waals surface area contributed by atoms with E-state index in [9.17, 15) is 13.2 Å². The van der Waals surface area contributed by atoms with Crippen LogP contribution in [-0.4, -0.2) is 40.8 Å². The smallest absolute Gasteiger partial charge is 0.356 e. The van der Waals surface area contributed by atoms with Crippen LogP contribution in [0, 0.1) is 0 Å². The van der Waals surface area contributed by atoms with Crippen molar-refractivity contribution in [2.45, 2.75) is 19.9 Å². The Morgan fingerprint density at radius 2 is 2.19 bits per heavy atom. The highest BCUT2D eigenvalue weighted by Gasteiger charge is 2.11. The SMILES string of the molecule is CCCS(=O)(=O)CCn1ccc(C(=O)O)n1. The van der Waals surface area contributed by atoms with E-state index in [1.807, 2.05) is 0 Å². The summed E-state index contributed by atoms with van der Waals surface area (Å²) in [6.45, 7) is 1.99. The molecule has 1 heterocycles. The highest BCUT2D eigenvalue weighted by Crippen LogP contribution is 1.99. The average molecular weight is 246 g/mol. The van der Waals surface area contributed by atoms with Gasteiger partial charge < -0.3 is 5.11 Å². The van der Waals surface area contributed by atoms with Crippen molar-refractivity contribution in [2.75, 3.05) is 11.5 Å². The highest BCUT2D eigenvalue weighted by molar-refractivity contribution is 7.91. The summed E-state index contributed by atoms with van der Waals surface area (Å²) >= 11 is 0. The van der Waals surface area contributed by atoms with Gasteiger partial charge in [-0.15, -0.1) is 0 Å². The molecule has 90 valence electrons. The number of carboxylic acid groups (broad SMARTS) is 1. The zero-order chi connectivity index (χ0) is 12.2. The van der Waals surface area contributed by atoms with Crippen molar-refractivity contribution in [3.63, 3.8) is 0 Å². The van der Waals surface area contributed by atoms with Gasteiger partial charge in [-0.3, -0.25) is 4.68 Å². The number of hydrogen-bond acceptors (Lipinski definition) is 4. The summed E-state index contributed by atoms with van der Waals surface area (Å²) in [4.78, 5) is 10.5. The molecule has 0 amide bonds. The first-order chi connectivity index (χ1) is 7.44. The van der Waals surface area contributed by atoms with Crippen LogP contribution < -0.4 is 0 Å². The third kappa shape index (κ3) is 3.65. The number of aryl methyl sites for hydroxylation is 1. The van der Waals surface area contributed by atoms with E-state index >= 15 is 0 Å². The third-order valence-electron chi connectivity index (χ3n) is 2.01. The minimum absolute atomic E-state index is 0.0123. The second-order valence-electron chi connectivity index (χ2n) is 3.42. The van der Waals surface area contributed by atoms with Crippen molar-refractivity contribution < 1.29 is 18.3 Å². The number of sulfone groups is 1. The third-order valence-corrected chi connectivity index (χ3v) is 3.84. The van der Waals surface area contributed by atoms with Crippen molar-refractivity contribution in [3.8, 4) is 0 Å². The predicted molar refractivity (Wildman–Crippen MR) is 58.1 cm³/mol. The average Bonchev–Trinajstić information content (AvgIpc) is 2.63. The molecule has 0 aliphatic heterocycles. The molecule has 0 aromatic carbocycles. The standard InChI is InChI=1S/C9H14N2O4S/c1-2-6-16(14,15)7-5-11-4-3-8(10-11)9(12)13/h3-4H,2,5-7H2,1H3,(H,12,13). The fourth-order valence-corrected chi connectivity index (χ4v) is 2.54. The summed E-state index contributed by atoms with van der Waals surface area (Å²) in [5.74, 6) is -0.975. The Labute approximate surface area is 93.8 Å². The molecular weight excluding hydrogens is 232 g/mol. The minimum atomic E-state index is -3.05. The van der Waals surface area contributed by atoms with Gasteiger partial charge in [0, 0.05) is 11.9 Å². The van der Waals surface area contributed by atoms with Crippen LogP contribution in [0.1, 0.15) is 23.8 Å². The van der Waals surface area contributed by atoms with E-state index in [0.717, 1.165) is 0 Å². The molecule has 0 spiro atoms. The topological polar surface area (TPSA) is 89.3 Å². The van der Waals surface area contributed by atoms with Gasteiger partial charge in [-0.25, -0.2) is 13.2 Å². The summed E-state index contributed by atoms with van der Waals surface area (Å²) in [7, 11) is -3.05. The maximum absolute atomic E-state index is 11.4. The van der Waals surface area contributed by atoms with E-state index in [1.54, 1.807) is 6.92 Å². The molecule has 1 N–H and O–H groups in total. The summed E-state index contributed by atoms with van der Waals surface area (Å²) in [5, 5.41) is 12.3. The monoisotopic (exact) mass is 246 g/mol.